The first kappa shape index (κ1) is 13.9. The fourth-order valence-electron chi connectivity index (χ4n) is 1.78. The molecular formula is C15H16FNOS. The van der Waals surface area contributed by atoms with Gasteiger partial charge in [0.15, 0.2) is 0 Å². The van der Waals surface area contributed by atoms with Gasteiger partial charge in [-0.1, -0.05) is 12.1 Å². The zero-order chi connectivity index (χ0) is 13.7. The third-order valence-corrected chi connectivity index (χ3v) is 3.76. The van der Waals surface area contributed by atoms with Crippen LogP contribution in [0.3, 0.4) is 0 Å². The van der Waals surface area contributed by atoms with Gasteiger partial charge < -0.3 is 10.5 Å². The summed E-state index contributed by atoms with van der Waals surface area (Å²) < 4.78 is 18.5. The third-order valence-electron chi connectivity index (χ3n) is 2.70. The number of rotatable bonds is 5. The summed E-state index contributed by atoms with van der Waals surface area (Å²) in [5, 5.41) is 0. The maximum absolute atomic E-state index is 13.4. The van der Waals surface area contributed by atoms with E-state index in [-0.39, 0.29) is 5.82 Å². The van der Waals surface area contributed by atoms with Gasteiger partial charge in [-0.2, -0.15) is 0 Å². The normalized spacial score (nSPS) is 10.5. The van der Waals surface area contributed by atoms with Crippen molar-refractivity contribution in [2.24, 2.45) is 5.73 Å². The van der Waals surface area contributed by atoms with Crippen LogP contribution in [0, 0.1) is 5.82 Å². The Morgan fingerprint density at radius 1 is 1.16 bits per heavy atom. The summed E-state index contributed by atoms with van der Waals surface area (Å²) in [6, 6.07) is 12.8. The van der Waals surface area contributed by atoms with Crippen molar-refractivity contribution >= 4 is 11.8 Å². The Labute approximate surface area is 116 Å². The second kappa shape index (κ2) is 6.59. The van der Waals surface area contributed by atoms with Crippen LogP contribution in [0.1, 0.15) is 11.1 Å². The minimum absolute atomic E-state index is 0.232. The standard InChI is InChI=1S/C15H16FNOS/c1-18-14-3-2-4-15(8-14)19-10-12-5-11(9-17)6-13(16)7-12/h2-8H,9-10,17H2,1H3. The molecule has 0 aliphatic heterocycles. The average Bonchev–Trinajstić information content (AvgIpc) is 2.44. The van der Waals surface area contributed by atoms with Gasteiger partial charge in [-0.3, -0.25) is 0 Å². The lowest BCUT2D eigenvalue weighted by Crippen LogP contribution is -1.98. The summed E-state index contributed by atoms with van der Waals surface area (Å²) in [6.45, 7) is 0.356. The summed E-state index contributed by atoms with van der Waals surface area (Å²) in [5.74, 6) is 1.30. The highest BCUT2D eigenvalue weighted by Crippen LogP contribution is 2.26. The van der Waals surface area contributed by atoms with E-state index in [0.717, 1.165) is 21.8 Å². The molecular weight excluding hydrogens is 261 g/mol. The molecule has 19 heavy (non-hydrogen) atoms. The summed E-state index contributed by atoms with van der Waals surface area (Å²) in [5.41, 5.74) is 7.30. The minimum Gasteiger partial charge on any atom is -0.497 e. The van der Waals surface area contributed by atoms with E-state index in [1.807, 2.05) is 30.3 Å². The zero-order valence-corrected chi connectivity index (χ0v) is 11.5. The summed E-state index contributed by atoms with van der Waals surface area (Å²) in [4.78, 5) is 1.10. The number of halogens is 1. The molecule has 2 N–H and O–H groups in total. The Morgan fingerprint density at radius 3 is 2.68 bits per heavy atom. The molecule has 0 aromatic heterocycles. The first-order valence-corrected chi connectivity index (χ1v) is 6.95. The second-order valence-electron chi connectivity index (χ2n) is 4.14. The number of thioether (sulfide) groups is 1. The van der Waals surface area contributed by atoms with Crippen LogP contribution < -0.4 is 10.5 Å². The lowest BCUT2D eigenvalue weighted by Gasteiger charge is -2.06. The maximum Gasteiger partial charge on any atom is 0.123 e. The Morgan fingerprint density at radius 2 is 1.95 bits per heavy atom. The van der Waals surface area contributed by atoms with E-state index in [9.17, 15) is 4.39 Å². The molecule has 0 radical (unpaired) electrons. The van der Waals surface area contributed by atoms with Crippen molar-refractivity contribution in [2.45, 2.75) is 17.2 Å². The number of ether oxygens (including phenoxy) is 1. The van der Waals surface area contributed by atoms with Crippen LogP contribution in [-0.2, 0) is 12.3 Å². The van der Waals surface area contributed by atoms with Gasteiger partial charge >= 0.3 is 0 Å². The molecule has 0 bridgehead atoms. The number of benzene rings is 2. The Bertz CT molecular complexity index is 560. The molecule has 0 saturated carbocycles. The molecule has 2 rings (SSSR count). The molecule has 0 heterocycles. The van der Waals surface area contributed by atoms with E-state index in [1.54, 1.807) is 24.9 Å². The summed E-state index contributed by atoms with van der Waals surface area (Å²) >= 11 is 1.64. The number of methoxy groups -OCH3 is 1. The summed E-state index contributed by atoms with van der Waals surface area (Å²) in [7, 11) is 1.64. The van der Waals surface area contributed by atoms with Gasteiger partial charge in [-0.25, -0.2) is 4.39 Å². The highest BCUT2D eigenvalue weighted by Gasteiger charge is 2.02. The van der Waals surface area contributed by atoms with E-state index in [4.69, 9.17) is 10.5 Å². The molecule has 4 heteroatoms. The number of hydrogen-bond donors (Lipinski definition) is 1. The SMILES string of the molecule is COc1cccc(SCc2cc(F)cc(CN)c2)c1. The van der Waals surface area contributed by atoms with Crippen LogP contribution in [0.2, 0.25) is 0 Å². The largest absolute Gasteiger partial charge is 0.497 e. The minimum atomic E-state index is -0.232. The van der Waals surface area contributed by atoms with Crippen LogP contribution in [0.25, 0.3) is 0 Å². The lowest BCUT2D eigenvalue weighted by atomic mass is 10.1. The predicted octanol–water partition coefficient (Wildman–Crippen LogP) is 3.59. The smallest absolute Gasteiger partial charge is 0.123 e. The predicted molar refractivity (Wildman–Crippen MR) is 76.8 cm³/mol. The van der Waals surface area contributed by atoms with Crippen LogP contribution in [0.5, 0.6) is 5.75 Å². The van der Waals surface area contributed by atoms with Crippen molar-refractivity contribution in [2.75, 3.05) is 7.11 Å². The number of nitrogens with two attached hydrogens (primary N) is 1. The van der Waals surface area contributed by atoms with Gasteiger partial charge in [0, 0.05) is 17.2 Å². The molecule has 2 aromatic carbocycles. The molecule has 0 fully saturated rings. The topological polar surface area (TPSA) is 35.2 Å². The molecule has 0 aliphatic carbocycles. The van der Waals surface area contributed by atoms with Crippen LogP contribution in [0.4, 0.5) is 4.39 Å². The molecule has 0 spiro atoms. The lowest BCUT2D eigenvalue weighted by molar-refractivity contribution is 0.413. The van der Waals surface area contributed by atoms with Gasteiger partial charge in [0.1, 0.15) is 11.6 Å². The quantitative estimate of drug-likeness (QED) is 0.848. The van der Waals surface area contributed by atoms with Crippen molar-refractivity contribution in [1.29, 1.82) is 0 Å². The van der Waals surface area contributed by atoms with Crippen LogP contribution in [0.15, 0.2) is 47.4 Å². The van der Waals surface area contributed by atoms with Gasteiger partial charge in [-0.15, -0.1) is 11.8 Å². The molecule has 0 saturated heterocycles. The molecule has 0 atom stereocenters. The molecule has 0 unspecified atom stereocenters. The highest BCUT2D eigenvalue weighted by molar-refractivity contribution is 7.98. The van der Waals surface area contributed by atoms with E-state index in [0.29, 0.717) is 12.3 Å². The first-order chi connectivity index (χ1) is 9.21. The van der Waals surface area contributed by atoms with E-state index >= 15 is 0 Å². The van der Waals surface area contributed by atoms with E-state index in [1.165, 1.54) is 6.07 Å². The van der Waals surface area contributed by atoms with Gasteiger partial charge in [0.25, 0.3) is 0 Å². The Kier molecular flexibility index (Phi) is 4.82. The monoisotopic (exact) mass is 277 g/mol. The highest BCUT2D eigenvalue weighted by atomic mass is 32.2. The molecule has 100 valence electrons. The zero-order valence-electron chi connectivity index (χ0n) is 10.7. The molecule has 2 aromatic rings. The third kappa shape index (κ3) is 3.98. The molecule has 0 amide bonds. The van der Waals surface area contributed by atoms with E-state index in [2.05, 4.69) is 0 Å². The number of hydrogen-bond acceptors (Lipinski definition) is 3. The Balaban J connectivity index is 2.07. The average molecular weight is 277 g/mol. The van der Waals surface area contributed by atoms with Gasteiger partial charge in [0.2, 0.25) is 0 Å². The van der Waals surface area contributed by atoms with Crippen molar-refractivity contribution < 1.29 is 9.13 Å². The second-order valence-corrected chi connectivity index (χ2v) is 5.19. The van der Waals surface area contributed by atoms with Crippen LogP contribution >= 0.6 is 11.8 Å². The van der Waals surface area contributed by atoms with E-state index < -0.39 is 0 Å². The summed E-state index contributed by atoms with van der Waals surface area (Å²) in [6.07, 6.45) is 0. The maximum atomic E-state index is 13.4. The molecule has 2 nitrogen and oxygen atoms in total. The first-order valence-electron chi connectivity index (χ1n) is 5.96. The van der Waals surface area contributed by atoms with Crippen LogP contribution in [-0.4, -0.2) is 7.11 Å². The molecule has 0 aliphatic rings. The fraction of sp³-hybridized carbons (Fsp3) is 0.200. The van der Waals surface area contributed by atoms with Crippen molar-refractivity contribution in [3.8, 4) is 5.75 Å². The van der Waals surface area contributed by atoms with Crippen molar-refractivity contribution in [1.82, 2.24) is 0 Å². The Hall–Kier alpha value is -1.52. The fourth-order valence-corrected chi connectivity index (χ4v) is 2.65. The van der Waals surface area contributed by atoms with Gasteiger partial charge in [0.05, 0.1) is 7.11 Å². The van der Waals surface area contributed by atoms with Gasteiger partial charge in [-0.05, 0) is 41.5 Å². The van der Waals surface area contributed by atoms with Crippen molar-refractivity contribution in [3.05, 3.63) is 59.4 Å². The van der Waals surface area contributed by atoms with Crippen molar-refractivity contribution in [3.63, 3.8) is 0 Å².